The van der Waals surface area contributed by atoms with Crippen LogP contribution in [-0.4, -0.2) is 7.05 Å². The molecule has 19 heavy (non-hydrogen) atoms. The molecule has 0 bridgehead atoms. The molecule has 0 saturated heterocycles. The maximum Gasteiger partial charge on any atom is 0.163 e. The van der Waals surface area contributed by atoms with Gasteiger partial charge in [0, 0.05) is 21.2 Å². The molecule has 2 aromatic rings. The second-order valence-electron chi connectivity index (χ2n) is 4.00. The van der Waals surface area contributed by atoms with Gasteiger partial charge in [0.05, 0.1) is 6.04 Å². The molecule has 100 valence electrons. The van der Waals surface area contributed by atoms with Crippen LogP contribution in [0.3, 0.4) is 0 Å². The lowest BCUT2D eigenvalue weighted by atomic mass is 9.98. The van der Waals surface area contributed by atoms with Gasteiger partial charge < -0.3 is 5.32 Å². The van der Waals surface area contributed by atoms with E-state index in [-0.39, 0.29) is 5.56 Å². The van der Waals surface area contributed by atoms with Crippen LogP contribution in [-0.2, 0) is 0 Å². The van der Waals surface area contributed by atoms with Crippen LogP contribution in [0.15, 0.2) is 36.4 Å². The molecule has 1 unspecified atom stereocenters. The van der Waals surface area contributed by atoms with E-state index < -0.39 is 17.7 Å². The third kappa shape index (κ3) is 2.73. The first kappa shape index (κ1) is 14.3. The Kier molecular flexibility index (Phi) is 4.40. The number of benzene rings is 2. The Morgan fingerprint density at radius 2 is 1.58 bits per heavy atom. The van der Waals surface area contributed by atoms with Crippen LogP contribution >= 0.6 is 23.2 Å². The summed E-state index contributed by atoms with van der Waals surface area (Å²) in [5, 5.41) is 3.71. The lowest BCUT2D eigenvalue weighted by Gasteiger charge is -2.20. The molecule has 0 aromatic heterocycles. The molecule has 1 nitrogen and oxygen atoms in total. The van der Waals surface area contributed by atoms with E-state index in [1.165, 1.54) is 12.1 Å². The maximum absolute atomic E-state index is 13.9. The van der Waals surface area contributed by atoms with Crippen molar-refractivity contribution in [1.29, 1.82) is 0 Å². The van der Waals surface area contributed by atoms with Gasteiger partial charge in [-0.15, -0.1) is 0 Å². The van der Waals surface area contributed by atoms with Crippen LogP contribution in [0, 0.1) is 11.6 Å². The molecule has 1 atom stereocenters. The van der Waals surface area contributed by atoms with Gasteiger partial charge in [0.1, 0.15) is 0 Å². The van der Waals surface area contributed by atoms with Crippen molar-refractivity contribution in [3.05, 3.63) is 69.2 Å². The topological polar surface area (TPSA) is 12.0 Å². The third-order valence-corrected chi connectivity index (χ3v) is 3.53. The number of rotatable bonds is 3. The SMILES string of the molecule is CNC(c1cccc(F)c1F)c1c(Cl)cccc1Cl. The van der Waals surface area contributed by atoms with E-state index in [0.717, 1.165) is 6.07 Å². The van der Waals surface area contributed by atoms with Crippen molar-refractivity contribution >= 4 is 23.2 Å². The minimum absolute atomic E-state index is 0.164. The summed E-state index contributed by atoms with van der Waals surface area (Å²) in [4.78, 5) is 0. The standard InChI is InChI=1S/C14H11Cl2F2N/c1-19-14(8-4-2-7-11(17)13(8)18)12-9(15)5-3-6-10(12)16/h2-7,14,19H,1H3. The molecule has 0 fully saturated rings. The molecule has 2 aromatic carbocycles. The van der Waals surface area contributed by atoms with Crippen LogP contribution in [0.2, 0.25) is 10.0 Å². The molecule has 5 heteroatoms. The number of nitrogens with one attached hydrogen (secondary N) is 1. The molecule has 1 N–H and O–H groups in total. The predicted molar refractivity (Wildman–Crippen MR) is 73.7 cm³/mol. The molecule has 0 amide bonds. The van der Waals surface area contributed by atoms with Gasteiger partial charge in [-0.1, -0.05) is 41.4 Å². The largest absolute Gasteiger partial charge is 0.309 e. The van der Waals surface area contributed by atoms with Crippen LogP contribution in [0.5, 0.6) is 0 Å². The highest BCUT2D eigenvalue weighted by atomic mass is 35.5. The second kappa shape index (κ2) is 5.87. The Morgan fingerprint density at radius 3 is 2.16 bits per heavy atom. The summed E-state index contributed by atoms with van der Waals surface area (Å²) in [7, 11) is 1.63. The maximum atomic E-state index is 13.9. The van der Waals surface area contributed by atoms with Gasteiger partial charge in [-0.3, -0.25) is 0 Å². The van der Waals surface area contributed by atoms with Crippen LogP contribution < -0.4 is 5.32 Å². The number of hydrogen-bond acceptors (Lipinski definition) is 1. The van der Waals surface area contributed by atoms with E-state index in [9.17, 15) is 8.78 Å². The van der Waals surface area contributed by atoms with Crippen molar-refractivity contribution in [3.8, 4) is 0 Å². The van der Waals surface area contributed by atoms with Gasteiger partial charge in [0.15, 0.2) is 11.6 Å². The molecular weight excluding hydrogens is 291 g/mol. The Bertz CT molecular complexity index is 582. The van der Waals surface area contributed by atoms with Crippen molar-refractivity contribution in [2.75, 3.05) is 7.05 Å². The summed E-state index contributed by atoms with van der Waals surface area (Å²) in [5.41, 5.74) is 0.690. The van der Waals surface area contributed by atoms with E-state index in [2.05, 4.69) is 5.32 Å². The van der Waals surface area contributed by atoms with E-state index in [1.54, 1.807) is 25.2 Å². The third-order valence-electron chi connectivity index (χ3n) is 2.87. The zero-order valence-corrected chi connectivity index (χ0v) is 11.6. The number of hydrogen-bond donors (Lipinski definition) is 1. The predicted octanol–water partition coefficient (Wildman–Crippen LogP) is 4.58. The first-order valence-electron chi connectivity index (χ1n) is 5.61. The summed E-state index contributed by atoms with van der Waals surface area (Å²) in [5.74, 6) is -1.81. The van der Waals surface area contributed by atoms with Crippen LogP contribution in [0.25, 0.3) is 0 Å². The molecule has 2 rings (SSSR count). The Hall–Kier alpha value is -1.16. The van der Waals surface area contributed by atoms with Gasteiger partial charge in [-0.2, -0.15) is 0 Å². The monoisotopic (exact) mass is 301 g/mol. The highest BCUT2D eigenvalue weighted by Crippen LogP contribution is 2.35. The molecule has 0 radical (unpaired) electrons. The Labute approximate surface area is 120 Å². The summed E-state index contributed by atoms with van der Waals surface area (Å²) < 4.78 is 27.2. The van der Waals surface area contributed by atoms with Crippen molar-refractivity contribution < 1.29 is 8.78 Å². The normalized spacial score (nSPS) is 12.5. The lowest BCUT2D eigenvalue weighted by molar-refractivity contribution is 0.487. The fourth-order valence-electron chi connectivity index (χ4n) is 1.99. The molecule has 0 aliphatic carbocycles. The van der Waals surface area contributed by atoms with Crippen molar-refractivity contribution in [2.45, 2.75) is 6.04 Å². The van der Waals surface area contributed by atoms with E-state index in [0.29, 0.717) is 15.6 Å². The first-order valence-corrected chi connectivity index (χ1v) is 6.37. The zero-order chi connectivity index (χ0) is 14.0. The smallest absolute Gasteiger partial charge is 0.163 e. The van der Waals surface area contributed by atoms with E-state index in [4.69, 9.17) is 23.2 Å². The van der Waals surface area contributed by atoms with Gasteiger partial charge in [0.2, 0.25) is 0 Å². The fraction of sp³-hybridized carbons (Fsp3) is 0.143. The second-order valence-corrected chi connectivity index (χ2v) is 4.81. The van der Waals surface area contributed by atoms with Gasteiger partial charge in [0.25, 0.3) is 0 Å². The minimum Gasteiger partial charge on any atom is -0.309 e. The minimum atomic E-state index is -0.905. The van der Waals surface area contributed by atoms with Crippen molar-refractivity contribution in [2.24, 2.45) is 0 Å². The molecule has 0 heterocycles. The van der Waals surface area contributed by atoms with Gasteiger partial charge in [-0.25, -0.2) is 8.78 Å². The molecule has 0 saturated carbocycles. The van der Waals surface area contributed by atoms with Crippen molar-refractivity contribution in [3.63, 3.8) is 0 Å². The summed E-state index contributed by atoms with van der Waals surface area (Å²) in [6.07, 6.45) is 0. The summed E-state index contributed by atoms with van der Waals surface area (Å²) in [6, 6.07) is 8.41. The molecule has 0 spiro atoms. The van der Waals surface area contributed by atoms with Crippen LogP contribution in [0.4, 0.5) is 8.78 Å². The molecular formula is C14H11Cl2F2N. The van der Waals surface area contributed by atoms with Crippen LogP contribution in [0.1, 0.15) is 17.2 Å². The molecule has 0 aliphatic rings. The summed E-state index contributed by atoms with van der Waals surface area (Å²) >= 11 is 12.2. The van der Waals surface area contributed by atoms with Gasteiger partial charge >= 0.3 is 0 Å². The van der Waals surface area contributed by atoms with E-state index in [1.807, 2.05) is 0 Å². The zero-order valence-electron chi connectivity index (χ0n) is 10.1. The highest BCUT2D eigenvalue weighted by Gasteiger charge is 2.22. The Morgan fingerprint density at radius 1 is 1.00 bits per heavy atom. The average Bonchev–Trinajstić information content (AvgIpc) is 2.38. The van der Waals surface area contributed by atoms with Crippen molar-refractivity contribution in [1.82, 2.24) is 5.32 Å². The summed E-state index contributed by atoms with van der Waals surface area (Å²) in [6.45, 7) is 0. The Balaban J connectivity index is 2.60. The molecule has 0 aliphatic heterocycles. The lowest BCUT2D eigenvalue weighted by Crippen LogP contribution is -2.20. The first-order chi connectivity index (χ1) is 9.06. The fourth-order valence-corrected chi connectivity index (χ4v) is 2.60. The number of halogens is 4. The average molecular weight is 302 g/mol. The van der Waals surface area contributed by atoms with E-state index >= 15 is 0 Å². The van der Waals surface area contributed by atoms with Gasteiger partial charge in [-0.05, 0) is 25.2 Å². The highest BCUT2D eigenvalue weighted by molar-refractivity contribution is 6.36. The quantitative estimate of drug-likeness (QED) is 0.875.